The van der Waals surface area contributed by atoms with Crippen LogP contribution in [0.5, 0.6) is 0 Å². The van der Waals surface area contributed by atoms with Crippen molar-refractivity contribution in [3.8, 4) is 0 Å². The van der Waals surface area contributed by atoms with Gasteiger partial charge in [-0.1, -0.05) is 185 Å². The summed E-state index contributed by atoms with van der Waals surface area (Å²) in [5, 5.41) is 23.6. The highest BCUT2D eigenvalue weighted by molar-refractivity contribution is 5.77. The van der Waals surface area contributed by atoms with Gasteiger partial charge in [-0.25, -0.2) is 0 Å². The summed E-state index contributed by atoms with van der Waals surface area (Å²) < 4.78 is 5.88. The molecule has 0 bridgehead atoms. The summed E-state index contributed by atoms with van der Waals surface area (Å²) in [6.45, 7) is 6.33. The summed E-state index contributed by atoms with van der Waals surface area (Å²) in [7, 11) is 0. The van der Waals surface area contributed by atoms with Crippen molar-refractivity contribution in [2.24, 2.45) is 0 Å². The summed E-state index contributed by atoms with van der Waals surface area (Å²) in [6.07, 6.45) is 50.3. The Morgan fingerprint density at radius 2 is 1.00 bits per heavy atom. The molecule has 6 heteroatoms. The van der Waals surface area contributed by atoms with Gasteiger partial charge in [0.2, 0.25) is 5.91 Å². The quantitative estimate of drug-likeness (QED) is 0.0327. The molecule has 0 saturated heterocycles. The molecule has 3 N–H and O–H groups in total. The van der Waals surface area contributed by atoms with Gasteiger partial charge in [-0.15, -0.1) is 0 Å². The zero-order valence-corrected chi connectivity index (χ0v) is 36.3. The highest BCUT2D eigenvalue weighted by atomic mass is 16.5. The minimum absolute atomic E-state index is 0.0475. The standard InChI is InChI=1S/C49H89NO5/c1-4-7-10-13-16-19-22-23-24-27-30-33-36-39-42-49(54)55-45(40-37-34-31-28-25-20-17-14-11-8-5-2)43-48(53)50-46(44-51)47(52)41-38-35-32-29-26-21-18-15-12-9-6-3/h7,10,16,19,23-24,28,31,45-47,51-52H,4-6,8-9,11-15,17-18,20-22,25-27,29-30,32-44H2,1-3H3,(H,50,53)/b10-7+,19-16+,24-23+,31-28-. The van der Waals surface area contributed by atoms with Gasteiger partial charge in [0, 0.05) is 6.42 Å². The van der Waals surface area contributed by atoms with Crippen LogP contribution in [0.4, 0.5) is 0 Å². The van der Waals surface area contributed by atoms with Crippen molar-refractivity contribution in [3.05, 3.63) is 48.6 Å². The number of aliphatic hydroxyl groups excluding tert-OH is 2. The number of hydrogen-bond acceptors (Lipinski definition) is 5. The molecule has 0 aliphatic rings. The predicted octanol–water partition coefficient (Wildman–Crippen LogP) is 13.5. The smallest absolute Gasteiger partial charge is 0.306 e. The first-order valence-electron chi connectivity index (χ1n) is 23.4. The fourth-order valence-electron chi connectivity index (χ4n) is 6.86. The molecule has 0 fully saturated rings. The Bertz CT molecular complexity index is 957. The van der Waals surface area contributed by atoms with E-state index in [4.69, 9.17) is 4.74 Å². The molecule has 1 amide bonds. The number of aliphatic hydroxyl groups is 2. The zero-order valence-electron chi connectivity index (χ0n) is 36.3. The predicted molar refractivity (Wildman–Crippen MR) is 236 cm³/mol. The third-order valence-corrected chi connectivity index (χ3v) is 10.4. The van der Waals surface area contributed by atoms with Crippen LogP contribution >= 0.6 is 0 Å². The van der Waals surface area contributed by atoms with Crippen LogP contribution in [-0.4, -0.2) is 46.9 Å². The van der Waals surface area contributed by atoms with Crippen LogP contribution in [0.2, 0.25) is 0 Å². The van der Waals surface area contributed by atoms with E-state index in [1.165, 1.54) is 89.9 Å². The van der Waals surface area contributed by atoms with E-state index in [0.29, 0.717) is 19.3 Å². The molecule has 0 heterocycles. The number of nitrogens with one attached hydrogen (secondary N) is 1. The molecule has 0 aliphatic carbocycles. The van der Waals surface area contributed by atoms with Crippen molar-refractivity contribution in [2.45, 2.75) is 244 Å². The fourth-order valence-corrected chi connectivity index (χ4v) is 6.86. The van der Waals surface area contributed by atoms with Crippen LogP contribution in [0, 0.1) is 0 Å². The third kappa shape index (κ3) is 38.5. The van der Waals surface area contributed by atoms with Crippen LogP contribution < -0.4 is 5.32 Å². The number of carbonyl (C=O) groups is 2. The molecule has 320 valence electrons. The Kier molecular flexibility index (Phi) is 41.2. The molecule has 3 atom stereocenters. The number of hydrogen-bond donors (Lipinski definition) is 3. The number of amides is 1. The third-order valence-electron chi connectivity index (χ3n) is 10.4. The summed E-state index contributed by atoms with van der Waals surface area (Å²) in [5.74, 6) is -0.530. The lowest BCUT2D eigenvalue weighted by atomic mass is 10.0. The number of carbonyl (C=O) groups excluding carboxylic acids is 2. The first-order chi connectivity index (χ1) is 27.0. The van der Waals surface area contributed by atoms with Crippen LogP contribution in [0.25, 0.3) is 0 Å². The molecule has 0 saturated carbocycles. The van der Waals surface area contributed by atoms with Crippen LogP contribution in [0.1, 0.15) is 226 Å². The van der Waals surface area contributed by atoms with E-state index in [1.54, 1.807) is 0 Å². The van der Waals surface area contributed by atoms with Crippen molar-refractivity contribution in [3.63, 3.8) is 0 Å². The maximum absolute atomic E-state index is 13.1. The Balaban J connectivity index is 4.64. The molecular formula is C49H89NO5. The molecule has 0 aromatic carbocycles. The summed E-state index contributed by atoms with van der Waals surface area (Å²) in [6, 6.07) is -0.712. The van der Waals surface area contributed by atoms with E-state index >= 15 is 0 Å². The van der Waals surface area contributed by atoms with Gasteiger partial charge in [0.05, 0.1) is 25.2 Å². The van der Waals surface area contributed by atoms with Crippen LogP contribution in [0.3, 0.4) is 0 Å². The Morgan fingerprint density at radius 1 is 0.545 bits per heavy atom. The van der Waals surface area contributed by atoms with Gasteiger partial charge < -0.3 is 20.3 Å². The molecule has 0 aliphatic heterocycles. The number of unbranched alkanes of at least 4 members (excludes halogenated alkanes) is 21. The average molecular weight is 772 g/mol. The van der Waals surface area contributed by atoms with Gasteiger partial charge >= 0.3 is 5.97 Å². The van der Waals surface area contributed by atoms with Gasteiger partial charge in [0.1, 0.15) is 6.10 Å². The van der Waals surface area contributed by atoms with E-state index in [2.05, 4.69) is 74.7 Å². The molecule has 0 aromatic heterocycles. The SMILES string of the molecule is CC/C=C/C/C=C/C/C=C/CCCCCCC(=O)OC(CCC/C=C\CCCCCCCC)CC(=O)NC(CO)C(O)CCCCCCCCCCCCC. The fraction of sp³-hybridized carbons (Fsp3) is 0.796. The maximum Gasteiger partial charge on any atom is 0.306 e. The van der Waals surface area contributed by atoms with Gasteiger partial charge in [-0.05, 0) is 77.0 Å². The zero-order chi connectivity index (χ0) is 40.3. The van der Waals surface area contributed by atoms with E-state index in [0.717, 1.165) is 89.9 Å². The van der Waals surface area contributed by atoms with Crippen LogP contribution in [-0.2, 0) is 14.3 Å². The number of ether oxygens (including phenoxy) is 1. The lowest BCUT2D eigenvalue weighted by molar-refractivity contribution is -0.151. The largest absolute Gasteiger partial charge is 0.462 e. The van der Waals surface area contributed by atoms with Gasteiger partial charge in [0.15, 0.2) is 0 Å². The highest BCUT2D eigenvalue weighted by Crippen LogP contribution is 2.16. The minimum Gasteiger partial charge on any atom is -0.462 e. The maximum atomic E-state index is 13.1. The molecule has 0 radical (unpaired) electrons. The number of esters is 1. The summed E-state index contributed by atoms with van der Waals surface area (Å²) in [5.41, 5.74) is 0. The second kappa shape index (κ2) is 43.0. The second-order valence-electron chi connectivity index (χ2n) is 15.8. The topological polar surface area (TPSA) is 95.9 Å². The van der Waals surface area contributed by atoms with E-state index in [1.807, 2.05) is 0 Å². The minimum atomic E-state index is -0.796. The Labute approximate surface area is 340 Å². The van der Waals surface area contributed by atoms with E-state index < -0.39 is 18.2 Å². The molecule has 6 nitrogen and oxygen atoms in total. The van der Waals surface area contributed by atoms with Crippen molar-refractivity contribution < 1.29 is 24.5 Å². The monoisotopic (exact) mass is 772 g/mol. The molecule has 0 rings (SSSR count). The molecule has 55 heavy (non-hydrogen) atoms. The summed E-state index contributed by atoms with van der Waals surface area (Å²) in [4.78, 5) is 26.0. The lowest BCUT2D eigenvalue weighted by Gasteiger charge is -2.24. The first-order valence-corrected chi connectivity index (χ1v) is 23.4. The normalized spacial score (nSPS) is 13.8. The van der Waals surface area contributed by atoms with Crippen LogP contribution in [0.15, 0.2) is 48.6 Å². The Morgan fingerprint density at radius 3 is 1.55 bits per heavy atom. The van der Waals surface area contributed by atoms with Crippen molar-refractivity contribution in [2.75, 3.05) is 6.61 Å². The molecule has 3 unspecified atom stereocenters. The highest BCUT2D eigenvalue weighted by Gasteiger charge is 2.24. The lowest BCUT2D eigenvalue weighted by Crippen LogP contribution is -2.46. The number of allylic oxidation sites excluding steroid dienone is 8. The second-order valence-corrected chi connectivity index (χ2v) is 15.8. The summed E-state index contributed by atoms with van der Waals surface area (Å²) >= 11 is 0. The average Bonchev–Trinajstić information content (AvgIpc) is 3.18. The Hall–Kier alpha value is -2.18. The molecule has 0 aromatic rings. The molecular weight excluding hydrogens is 683 g/mol. The van der Waals surface area contributed by atoms with E-state index in [-0.39, 0.29) is 24.9 Å². The van der Waals surface area contributed by atoms with Crippen molar-refractivity contribution in [1.82, 2.24) is 5.32 Å². The van der Waals surface area contributed by atoms with Gasteiger partial charge in [-0.2, -0.15) is 0 Å². The van der Waals surface area contributed by atoms with Gasteiger partial charge in [0.25, 0.3) is 0 Å². The number of rotatable bonds is 41. The van der Waals surface area contributed by atoms with Crippen molar-refractivity contribution >= 4 is 11.9 Å². The van der Waals surface area contributed by atoms with Gasteiger partial charge in [-0.3, -0.25) is 9.59 Å². The first kappa shape index (κ1) is 52.8. The van der Waals surface area contributed by atoms with Crippen molar-refractivity contribution in [1.29, 1.82) is 0 Å². The van der Waals surface area contributed by atoms with E-state index in [9.17, 15) is 19.8 Å². The molecule has 0 spiro atoms.